The van der Waals surface area contributed by atoms with Gasteiger partial charge in [-0.25, -0.2) is 0 Å². The van der Waals surface area contributed by atoms with Crippen LogP contribution in [-0.4, -0.2) is 24.8 Å². The van der Waals surface area contributed by atoms with Crippen molar-refractivity contribution < 1.29 is 4.74 Å². The van der Waals surface area contributed by atoms with Crippen LogP contribution < -0.4 is 5.32 Å². The molecular formula is C12H22N2O. The van der Waals surface area contributed by atoms with Crippen molar-refractivity contribution in [1.82, 2.24) is 5.32 Å². The lowest BCUT2D eigenvalue weighted by Gasteiger charge is -2.17. The van der Waals surface area contributed by atoms with Crippen LogP contribution >= 0.6 is 0 Å². The molecule has 15 heavy (non-hydrogen) atoms. The number of ether oxygens (including phenoxy) is 1. The van der Waals surface area contributed by atoms with Gasteiger partial charge in [0.15, 0.2) is 0 Å². The predicted molar refractivity (Wildman–Crippen MR) is 60.4 cm³/mol. The summed E-state index contributed by atoms with van der Waals surface area (Å²) < 4.78 is 5.65. The monoisotopic (exact) mass is 210 g/mol. The topological polar surface area (TPSA) is 45.0 Å². The van der Waals surface area contributed by atoms with Crippen molar-refractivity contribution in [3.05, 3.63) is 0 Å². The number of hydrogen-bond donors (Lipinski definition) is 1. The summed E-state index contributed by atoms with van der Waals surface area (Å²) in [6.07, 6.45) is 3.72. The average molecular weight is 210 g/mol. The average Bonchev–Trinajstić information content (AvgIpc) is 2.94. The Hall–Kier alpha value is -0.590. The first-order valence-electron chi connectivity index (χ1n) is 5.89. The van der Waals surface area contributed by atoms with Gasteiger partial charge in [-0.1, -0.05) is 13.8 Å². The van der Waals surface area contributed by atoms with Gasteiger partial charge < -0.3 is 4.74 Å². The Bertz CT molecular complexity index is 218. The van der Waals surface area contributed by atoms with Crippen LogP contribution in [0.3, 0.4) is 0 Å². The molecule has 1 N–H and O–H groups in total. The zero-order valence-electron chi connectivity index (χ0n) is 9.99. The van der Waals surface area contributed by atoms with Crippen LogP contribution in [0.25, 0.3) is 0 Å². The van der Waals surface area contributed by atoms with E-state index in [1.165, 1.54) is 12.8 Å². The molecule has 0 heterocycles. The molecule has 3 nitrogen and oxygen atoms in total. The van der Waals surface area contributed by atoms with Gasteiger partial charge in [0.2, 0.25) is 0 Å². The highest BCUT2D eigenvalue weighted by atomic mass is 16.5. The SMILES string of the molecule is CC(C)CC(C)OCC(C#N)NC1CC1. The largest absolute Gasteiger partial charge is 0.376 e. The first-order valence-corrected chi connectivity index (χ1v) is 5.89. The zero-order chi connectivity index (χ0) is 11.3. The normalized spacial score (nSPS) is 19.9. The van der Waals surface area contributed by atoms with Gasteiger partial charge in [0.1, 0.15) is 6.04 Å². The molecule has 1 saturated carbocycles. The molecule has 2 unspecified atom stereocenters. The summed E-state index contributed by atoms with van der Waals surface area (Å²) in [4.78, 5) is 0. The van der Waals surface area contributed by atoms with Gasteiger partial charge >= 0.3 is 0 Å². The molecule has 0 aromatic heterocycles. The Morgan fingerprint density at radius 3 is 2.53 bits per heavy atom. The molecular weight excluding hydrogens is 188 g/mol. The number of rotatable bonds is 7. The Morgan fingerprint density at radius 1 is 1.40 bits per heavy atom. The van der Waals surface area contributed by atoms with Gasteiger partial charge in [-0.2, -0.15) is 5.26 Å². The van der Waals surface area contributed by atoms with E-state index in [0.29, 0.717) is 18.6 Å². The standard InChI is InChI=1S/C12H22N2O/c1-9(2)6-10(3)15-8-12(7-13)14-11-4-5-11/h9-12,14H,4-6,8H2,1-3H3. The lowest BCUT2D eigenvalue weighted by atomic mass is 10.1. The quantitative estimate of drug-likeness (QED) is 0.699. The van der Waals surface area contributed by atoms with Crippen LogP contribution in [0.5, 0.6) is 0 Å². The van der Waals surface area contributed by atoms with Crippen LogP contribution in [0.4, 0.5) is 0 Å². The lowest BCUT2D eigenvalue weighted by molar-refractivity contribution is 0.0449. The molecule has 1 aliphatic carbocycles. The number of nitrogens with zero attached hydrogens (tertiary/aromatic N) is 1. The van der Waals surface area contributed by atoms with E-state index in [1.807, 2.05) is 0 Å². The van der Waals surface area contributed by atoms with Gasteiger partial charge in [0.05, 0.1) is 18.8 Å². The zero-order valence-corrected chi connectivity index (χ0v) is 9.99. The highest BCUT2D eigenvalue weighted by Gasteiger charge is 2.24. The third-order valence-corrected chi connectivity index (χ3v) is 2.52. The summed E-state index contributed by atoms with van der Waals surface area (Å²) >= 11 is 0. The second-order valence-corrected chi connectivity index (χ2v) is 4.90. The van der Waals surface area contributed by atoms with Gasteiger partial charge in [-0.15, -0.1) is 0 Å². The second-order valence-electron chi connectivity index (χ2n) is 4.90. The smallest absolute Gasteiger partial charge is 0.119 e. The number of nitrogens with one attached hydrogen (secondary N) is 1. The molecule has 0 spiro atoms. The van der Waals surface area contributed by atoms with Crippen LogP contribution in [-0.2, 0) is 4.74 Å². The van der Waals surface area contributed by atoms with Crippen molar-refractivity contribution in [3.8, 4) is 6.07 Å². The van der Waals surface area contributed by atoms with E-state index in [2.05, 4.69) is 32.2 Å². The molecule has 0 radical (unpaired) electrons. The molecule has 0 bridgehead atoms. The summed E-state index contributed by atoms with van der Waals surface area (Å²) in [5.74, 6) is 0.650. The molecule has 0 aromatic rings. The van der Waals surface area contributed by atoms with Crippen molar-refractivity contribution in [2.45, 2.75) is 58.2 Å². The number of hydrogen-bond acceptors (Lipinski definition) is 3. The van der Waals surface area contributed by atoms with Gasteiger partial charge in [0, 0.05) is 6.04 Å². The minimum atomic E-state index is -0.132. The molecule has 1 aliphatic rings. The molecule has 0 saturated heterocycles. The molecule has 1 fully saturated rings. The van der Waals surface area contributed by atoms with E-state index in [1.54, 1.807) is 0 Å². The summed E-state index contributed by atoms with van der Waals surface area (Å²) in [5.41, 5.74) is 0. The maximum atomic E-state index is 8.90. The van der Waals surface area contributed by atoms with Gasteiger partial charge in [-0.05, 0) is 32.1 Å². The van der Waals surface area contributed by atoms with E-state index in [-0.39, 0.29) is 12.1 Å². The molecule has 86 valence electrons. The Balaban J connectivity index is 2.12. The fourth-order valence-corrected chi connectivity index (χ4v) is 1.65. The molecule has 0 aliphatic heterocycles. The minimum absolute atomic E-state index is 0.132. The summed E-state index contributed by atoms with van der Waals surface area (Å²) in [5, 5.41) is 12.2. The van der Waals surface area contributed by atoms with E-state index in [9.17, 15) is 0 Å². The van der Waals surface area contributed by atoms with Crippen molar-refractivity contribution in [1.29, 1.82) is 5.26 Å². The third kappa shape index (κ3) is 5.76. The summed E-state index contributed by atoms with van der Waals surface area (Å²) in [7, 11) is 0. The third-order valence-electron chi connectivity index (χ3n) is 2.52. The summed E-state index contributed by atoms with van der Waals surface area (Å²) in [6.45, 7) is 6.96. The second kappa shape index (κ2) is 6.09. The predicted octanol–water partition coefficient (Wildman–Crippen LogP) is 2.08. The van der Waals surface area contributed by atoms with Crippen molar-refractivity contribution >= 4 is 0 Å². The molecule has 0 amide bonds. The maximum Gasteiger partial charge on any atom is 0.119 e. The van der Waals surface area contributed by atoms with Crippen molar-refractivity contribution in [2.24, 2.45) is 5.92 Å². The van der Waals surface area contributed by atoms with Crippen LogP contribution in [0.2, 0.25) is 0 Å². The first kappa shape index (κ1) is 12.5. The summed E-state index contributed by atoms with van der Waals surface area (Å²) in [6, 6.07) is 2.68. The highest BCUT2D eigenvalue weighted by Crippen LogP contribution is 2.19. The molecule has 2 atom stereocenters. The van der Waals surface area contributed by atoms with Crippen molar-refractivity contribution in [3.63, 3.8) is 0 Å². The number of nitriles is 1. The first-order chi connectivity index (χ1) is 7.11. The van der Waals surface area contributed by atoms with E-state index < -0.39 is 0 Å². The van der Waals surface area contributed by atoms with Crippen molar-refractivity contribution in [2.75, 3.05) is 6.61 Å². The Kier molecular flexibility index (Phi) is 5.07. The molecule has 0 aromatic carbocycles. The maximum absolute atomic E-state index is 8.90. The Labute approximate surface area is 92.8 Å². The van der Waals surface area contributed by atoms with Crippen LogP contribution in [0.1, 0.15) is 40.0 Å². The van der Waals surface area contributed by atoms with Crippen LogP contribution in [0.15, 0.2) is 0 Å². The highest BCUT2D eigenvalue weighted by molar-refractivity contribution is 4.95. The molecule has 1 rings (SSSR count). The van der Waals surface area contributed by atoms with E-state index >= 15 is 0 Å². The fraction of sp³-hybridized carbons (Fsp3) is 0.917. The molecule has 3 heteroatoms. The Morgan fingerprint density at radius 2 is 2.07 bits per heavy atom. The van der Waals surface area contributed by atoms with Gasteiger partial charge in [0.25, 0.3) is 0 Å². The fourth-order valence-electron chi connectivity index (χ4n) is 1.65. The van der Waals surface area contributed by atoms with Gasteiger partial charge in [-0.3, -0.25) is 5.32 Å². The van der Waals surface area contributed by atoms with Crippen LogP contribution in [0, 0.1) is 17.2 Å². The lowest BCUT2D eigenvalue weighted by Crippen LogP contribution is -2.35. The minimum Gasteiger partial charge on any atom is -0.376 e. The van der Waals surface area contributed by atoms with E-state index in [4.69, 9.17) is 10.00 Å². The van der Waals surface area contributed by atoms with E-state index in [0.717, 1.165) is 6.42 Å².